The third kappa shape index (κ3) is 6.18. The molecule has 0 saturated heterocycles. The predicted molar refractivity (Wildman–Crippen MR) is 130 cm³/mol. The Hall–Kier alpha value is -3.69. The van der Waals surface area contributed by atoms with Crippen molar-refractivity contribution in [3.05, 3.63) is 109 Å². The molecule has 2 N–H and O–H groups in total. The molecule has 166 valence electrons. The molecule has 0 aliphatic heterocycles. The molecule has 0 atom stereocenters. The van der Waals surface area contributed by atoms with E-state index in [2.05, 4.69) is 20.0 Å². The molecule has 0 saturated carbocycles. The summed E-state index contributed by atoms with van der Waals surface area (Å²) in [5, 5.41) is 3.79. The molecule has 4 rings (SSSR count). The molecule has 1 amide bonds. The van der Waals surface area contributed by atoms with Gasteiger partial charge < -0.3 is 5.32 Å². The number of amides is 1. The number of hydrogen-bond donors (Lipinski definition) is 2. The second-order valence-electron chi connectivity index (χ2n) is 6.98. The van der Waals surface area contributed by atoms with Gasteiger partial charge in [0.1, 0.15) is 0 Å². The van der Waals surface area contributed by atoms with Crippen LogP contribution >= 0.6 is 11.8 Å². The number of carbonyl (C=O) groups is 1. The maximum absolute atomic E-state index is 12.7. The summed E-state index contributed by atoms with van der Waals surface area (Å²) in [7, 11) is -3.77. The number of carbonyl (C=O) groups excluding carboxylic acids is 1. The molecule has 0 bridgehead atoms. The van der Waals surface area contributed by atoms with Gasteiger partial charge in [-0.2, -0.15) is 0 Å². The number of benzene rings is 2. The van der Waals surface area contributed by atoms with Crippen LogP contribution in [0.25, 0.3) is 0 Å². The van der Waals surface area contributed by atoms with Crippen molar-refractivity contribution in [1.29, 1.82) is 0 Å². The standard InChI is InChI=1S/C24H20N4O3S2/c29-24(27-21-5-3-4-18(16-21)17-32-23-6-1-2-13-26-23)19-7-9-22(10-8-19)33(30,31)28-20-11-14-25-15-12-20/h1-16H,17H2,(H,25,28)(H,27,29). The van der Waals surface area contributed by atoms with Gasteiger partial charge in [0.15, 0.2) is 0 Å². The zero-order valence-electron chi connectivity index (χ0n) is 17.4. The van der Waals surface area contributed by atoms with Crippen molar-refractivity contribution in [2.45, 2.75) is 15.7 Å². The summed E-state index contributed by atoms with van der Waals surface area (Å²) in [6, 6.07) is 22.2. The molecule has 2 heterocycles. The van der Waals surface area contributed by atoms with E-state index >= 15 is 0 Å². The molecule has 4 aromatic rings. The number of nitrogens with zero attached hydrogens (tertiary/aromatic N) is 2. The van der Waals surface area contributed by atoms with E-state index in [9.17, 15) is 13.2 Å². The van der Waals surface area contributed by atoms with E-state index in [1.54, 1.807) is 30.1 Å². The average molecular weight is 477 g/mol. The minimum atomic E-state index is -3.77. The van der Waals surface area contributed by atoms with Gasteiger partial charge in [0, 0.05) is 35.6 Å². The second kappa shape index (κ2) is 10.3. The summed E-state index contributed by atoms with van der Waals surface area (Å²) in [6.07, 6.45) is 4.75. The molecule has 0 spiro atoms. The van der Waals surface area contributed by atoms with Crippen molar-refractivity contribution >= 4 is 39.1 Å². The monoisotopic (exact) mass is 476 g/mol. The Kier molecular flexibility index (Phi) is 7.01. The Morgan fingerprint density at radius 2 is 1.64 bits per heavy atom. The highest BCUT2D eigenvalue weighted by molar-refractivity contribution is 7.98. The topological polar surface area (TPSA) is 101 Å². The highest BCUT2D eigenvalue weighted by Crippen LogP contribution is 2.22. The summed E-state index contributed by atoms with van der Waals surface area (Å²) >= 11 is 1.61. The van der Waals surface area contributed by atoms with E-state index in [1.165, 1.54) is 36.7 Å². The minimum Gasteiger partial charge on any atom is -0.322 e. The second-order valence-corrected chi connectivity index (χ2v) is 9.65. The molecule has 0 fully saturated rings. The fraction of sp³-hybridized carbons (Fsp3) is 0.0417. The highest BCUT2D eigenvalue weighted by Gasteiger charge is 2.15. The number of nitrogens with one attached hydrogen (secondary N) is 2. The van der Waals surface area contributed by atoms with Crippen LogP contribution in [0.4, 0.5) is 11.4 Å². The zero-order chi connectivity index (χ0) is 23.1. The van der Waals surface area contributed by atoms with Gasteiger partial charge >= 0.3 is 0 Å². The Morgan fingerprint density at radius 3 is 2.36 bits per heavy atom. The fourth-order valence-electron chi connectivity index (χ4n) is 2.95. The molecule has 33 heavy (non-hydrogen) atoms. The third-order valence-electron chi connectivity index (χ3n) is 4.57. The lowest BCUT2D eigenvalue weighted by atomic mass is 10.2. The third-order valence-corrected chi connectivity index (χ3v) is 6.98. The first kappa shape index (κ1) is 22.5. The highest BCUT2D eigenvalue weighted by atomic mass is 32.2. The van der Waals surface area contributed by atoms with Gasteiger partial charge in [-0.25, -0.2) is 13.4 Å². The molecule has 0 unspecified atom stereocenters. The summed E-state index contributed by atoms with van der Waals surface area (Å²) in [5.41, 5.74) is 2.47. The van der Waals surface area contributed by atoms with E-state index in [0.717, 1.165) is 16.3 Å². The normalized spacial score (nSPS) is 11.0. The lowest BCUT2D eigenvalue weighted by Gasteiger charge is -2.10. The fourth-order valence-corrected chi connectivity index (χ4v) is 4.81. The van der Waals surface area contributed by atoms with Gasteiger partial charge in [-0.1, -0.05) is 18.2 Å². The molecule has 0 radical (unpaired) electrons. The van der Waals surface area contributed by atoms with Gasteiger partial charge in [0.2, 0.25) is 0 Å². The lowest BCUT2D eigenvalue weighted by molar-refractivity contribution is 0.102. The van der Waals surface area contributed by atoms with E-state index in [-0.39, 0.29) is 10.8 Å². The maximum atomic E-state index is 12.7. The van der Waals surface area contributed by atoms with Crippen LogP contribution in [0.5, 0.6) is 0 Å². The SMILES string of the molecule is O=C(Nc1cccc(CSc2ccccn2)c1)c1ccc(S(=O)(=O)Nc2ccncc2)cc1. The largest absolute Gasteiger partial charge is 0.322 e. The molecule has 7 nitrogen and oxygen atoms in total. The van der Waals surface area contributed by atoms with Crippen molar-refractivity contribution < 1.29 is 13.2 Å². The summed E-state index contributed by atoms with van der Waals surface area (Å²) in [6.45, 7) is 0. The molecule has 0 aliphatic rings. The molecular weight excluding hydrogens is 456 g/mol. The first-order valence-corrected chi connectivity index (χ1v) is 12.4. The first-order valence-electron chi connectivity index (χ1n) is 9.97. The van der Waals surface area contributed by atoms with Crippen LogP contribution in [0.1, 0.15) is 15.9 Å². The van der Waals surface area contributed by atoms with Crippen molar-refractivity contribution in [2.75, 3.05) is 10.0 Å². The number of sulfonamides is 1. The van der Waals surface area contributed by atoms with Crippen LogP contribution in [0.3, 0.4) is 0 Å². The summed E-state index contributed by atoms with van der Waals surface area (Å²) in [4.78, 5) is 20.9. The first-order chi connectivity index (χ1) is 16.0. The van der Waals surface area contributed by atoms with Gasteiger partial charge in [-0.3, -0.25) is 14.5 Å². The number of hydrogen-bond acceptors (Lipinski definition) is 6. The number of anilines is 2. The summed E-state index contributed by atoms with van der Waals surface area (Å²) in [5.74, 6) is 0.396. The van der Waals surface area contributed by atoms with E-state index in [0.29, 0.717) is 16.9 Å². The van der Waals surface area contributed by atoms with Crippen LogP contribution in [0.15, 0.2) is 107 Å². The van der Waals surface area contributed by atoms with Crippen LogP contribution in [-0.2, 0) is 15.8 Å². The quantitative estimate of drug-likeness (QED) is 0.354. The Labute approximate surface area is 196 Å². The van der Waals surface area contributed by atoms with Crippen LogP contribution in [0.2, 0.25) is 0 Å². The van der Waals surface area contributed by atoms with E-state index < -0.39 is 10.0 Å². The zero-order valence-corrected chi connectivity index (χ0v) is 19.0. The molecular formula is C24H20N4O3S2. The number of pyridine rings is 2. The van der Waals surface area contributed by atoms with Crippen LogP contribution in [-0.4, -0.2) is 24.3 Å². The number of thioether (sulfide) groups is 1. The summed E-state index contributed by atoms with van der Waals surface area (Å²) < 4.78 is 27.6. The molecule has 9 heteroatoms. The van der Waals surface area contributed by atoms with Gasteiger partial charge in [-0.05, 0) is 66.2 Å². The Bertz CT molecular complexity index is 1330. The van der Waals surface area contributed by atoms with Gasteiger partial charge in [0.05, 0.1) is 15.6 Å². The molecule has 2 aromatic heterocycles. The average Bonchev–Trinajstić information content (AvgIpc) is 2.84. The van der Waals surface area contributed by atoms with Crippen LogP contribution < -0.4 is 10.0 Å². The Morgan fingerprint density at radius 1 is 0.848 bits per heavy atom. The number of rotatable bonds is 8. The van der Waals surface area contributed by atoms with Crippen molar-refractivity contribution in [3.63, 3.8) is 0 Å². The van der Waals surface area contributed by atoms with Crippen LogP contribution in [0, 0.1) is 0 Å². The Balaban J connectivity index is 1.39. The van der Waals surface area contributed by atoms with Crippen molar-refractivity contribution in [3.8, 4) is 0 Å². The number of aromatic nitrogens is 2. The maximum Gasteiger partial charge on any atom is 0.261 e. The van der Waals surface area contributed by atoms with Crippen molar-refractivity contribution in [2.24, 2.45) is 0 Å². The molecule has 2 aromatic carbocycles. The smallest absolute Gasteiger partial charge is 0.261 e. The van der Waals surface area contributed by atoms with Crippen molar-refractivity contribution in [1.82, 2.24) is 9.97 Å². The van der Waals surface area contributed by atoms with Gasteiger partial charge in [-0.15, -0.1) is 11.8 Å². The van der Waals surface area contributed by atoms with E-state index in [4.69, 9.17) is 0 Å². The lowest BCUT2D eigenvalue weighted by Crippen LogP contribution is -2.15. The molecule has 0 aliphatic carbocycles. The minimum absolute atomic E-state index is 0.0596. The van der Waals surface area contributed by atoms with Gasteiger partial charge in [0.25, 0.3) is 15.9 Å². The predicted octanol–water partition coefficient (Wildman–Crippen LogP) is 4.82. The van der Waals surface area contributed by atoms with E-state index in [1.807, 2.05) is 42.5 Å².